The number of likely N-dealkylation sites (tertiary alicyclic amines) is 1. The van der Waals surface area contributed by atoms with Crippen molar-refractivity contribution >= 4 is 5.97 Å². The van der Waals surface area contributed by atoms with Crippen LogP contribution < -0.4 is 0 Å². The second kappa shape index (κ2) is 6.23. The molecule has 0 saturated carbocycles. The molecule has 17 heavy (non-hydrogen) atoms. The molecule has 1 heterocycles. The summed E-state index contributed by atoms with van der Waals surface area (Å²) in [5.74, 6) is -0.918. The lowest BCUT2D eigenvalue weighted by atomic mass is 10.1. The van der Waals surface area contributed by atoms with Gasteiger partial charge in [0.15, 0.2) is 0 Å². The van der Waals surface area contributed by atoms with Crippen molar-refractivity contribution in [3.63, 3.8) is 0 Å². The molecule has 1 aliphatic heterocycles. The Labute approximate surface area is 98.6 Å². The van der Waals surface area contributed by atoms with Crippen LogP contribution in [0.25, 0.3) is 0 Å². The lowest BCUT2D eigenvalue weighted by molar-refractivity contribution is -0.144. The lowest BCUT2D eigenvalue weighted by Gasteiger charge is -2.26. The van der Waals surface area contributed by atoms with Crippen molar-refractivity contribution in [2.45, 2.75) is 50.7 Å². The Kier molecular flexibility index (Phi) is 5.24. The molecular formula is C11H18F3NO2. The number of halogens is 3. The molecule has 1 N–H and O–H groups in total. The number of alkyl halides is 3. The lowest BCUT2D eigenvalue weighted by Crippen LogP contribution is -2.41. The van der Waals surface area contributed by atoms with Gasteiger partial charge in [-0.25, -0.2) is 0 Å². The summed E-state index contributed by atoms with van der Waals surface area (Å²) < 4.78 is 36.0. The van der Waals surface area contributed by atoms with Crippen molar-refractivity contribution in [2.75, 3.05) is 13.1 Å². The highest BCUT2D eigenvalue weighted by molar-refractivity contribution is 5.73. The summed E-state index contributed by atoms with van der Waals surface area (Å²) in [4.78, 5) is 12.7. The number of carbonyl (C=O) groups is 1. The second-order valence-electron chi connectivity index (χ2n) is 4.46. The van der Waals surface area contributed by atoms with E-state index in [1.807, 2.05) is 0 Å². The zero-order valence-electron chi connectivity index (χ0n) is 9.67. The smallest absolute Gasteiger partial charge is 0.389 e. The second-order valence-corrected chi connectivity index (χ2v) is 4.46. The molecule has 0 aromatic heterocycles. The minimum Gasteiger partial charge on any atom is -0.480 e. The van der Waals surface area contributed by atoms with E-state index < -0.39 is 24.6 Å². The number of hydrogen-bond donors (Lipinski definition) is 1. The summed E-state index contributed by atoms with van der Waals surface area (Å²) in [6, 6.07) is -0.606. The van der Waals surface area contributed by atoms with Crippen LogP contribution in [0.4, 0.5) is 13.2 Å². The van der Waals surface area contributed by atoms with E-state index in [9.17, 15) is 18.0 Å². The van der Waals surface area contributed by atoms with Crippen LogP contribution in [0.1, 0.15) is 38.5 Å². The third-order valence-corrected chi connectivity index (χ3v) is 3.05. The summed E-state index contributed by atoms with van der Waals surface area (Å²) in [6.45, 7) is 0.811. The van der Waals surface area contributed by atoms with Gasteiger partial charge in [0.2, 0.25) is 0 Å². The van der Waals surface area contributed by atoms with E-state index in [4.69, 9.17) is 5.11 Å². The number of carboxylic acid groups (broad SMARTS) is 1. The Morgan fingerprint density at radius 3 is 2.59 bits per heavy atom. The zero-order valence-corrected chi connectivity index (χ0v) is 9.67. The van der Waals surface area contributed by atoms with Crippen LogP contribution >= 0.6 is 0 Å². The quantitative estimate of drug-likeness (QED) is 0.837. The molecule has 1 unspecified atom stereocenters. The molecule has 0 aromatic carbocycles. The SMILES string of the molecule is O=C(O)C1CCCCCN1CCCC(F)(F)F. The van der Waals surface area contributed by atoms with Gasteiger partial charge in [0.25, 0.3) is 0 Å². The Hall–Kier alpha value is -0.780. The van der Waals surface area contributed by atoms with Crippen LogP contribution in [0.5, 0.6) is 0 Å². The van der Waals surface area contributed by atoms with Gasteiger partial charge < -0.3 is 5.11 Å². The van der Waals surface area contributed by atoms with Crippen molar-refractivity contribution in [2.24, 2.45) is 0 Å². The van der Waals surface area contributed by atoms with Crippen molar-refractivity contribution in [3.05, 3.63) is 0 Å². The van der Waals surface area contributed by atoms with Crippen LogP contribution in [0, 0.1) is 0 Å². The molecule has 0 amide bonds. The molecule has 0 aromatic rings. The van der Waals surface area contributed by atoms with E-state index in [1.165, 1.54) is 0 Å². The molecule has 1 aliphatic rings. The maximum atomic E-state index is 12.0. The highest BCUT2D eigenvalue weighted by Crippen LogP contribution is 2.23. The summed E-state index contributed by atoms with van der Waals surface area (Å²) in [5.41, 5.74) is 0. The first-order valence-electron chi connectivity index (χ1n) is 5.94. The topological polar surface area (TPSA) is 40.5 Å². The fourth-order valence-corrected chi connectivity index (χ4v) is 2.20. The van der Waals surface area contributed by atoms with E-state index in [1.54, 1.807) is 4.90 Å². The molecule has 1 fully saturated rings. The molecule has 1 atom stereocenters. The minimum absolute atomic E-state index is 0.0206. The highest BCUT2D eigenvalue weighted by Gasteiger charge is 2.30. The number of nitrogens with zero attached hydrogens (tertiary/aromatic N) is 1. The standard InChI is InChI=1S/C11H18F3NO2/c12-11(13,14)6-4-8-15-7-3-1-2-5-9(15)10(16)17/h9H,1-8H2,(H,16,17). The predicted octanol–water partition coefficient (Wildman–Crippen LogP) is 2.66. The Balaban J connectivity index is 2.44. The average molecular weight is 253 g/mol. The fourth-order valence-electron chi connectivity index (χ4n) is 2.20. The van der Waals surface area contributed by atoms with Gasteiger partial charge >= 0.3 is 12.1 Å². The molecule has 1 rings (SSSR count). The molecular weight excluding hydrogens is 235 g/mol. The summed E-state index contributed by atoms with van der Waals surface area (Å²) in [7, 11) is 0. The van der Waals surface area contributed by atoms with Crippen molar-refractivity contribution < 1.29 is 23.1 Å². The summed E-state index contributed by atoms with van der Waals surface area (Å²) in [5, 5.41) is 9.03. The van der Waals surface area contributed by atoms with Crippen LogP contribution in [-0.2, 0) is 4.79 Å². The van der Waals surface area contributed by atoms with E-state index in [0.29, 0.717) is 13.0 Å². The van der Waals surface area contributed by atoms with Gasteiger partial charge in [0, 0.05) is 6.42 Å². The van der Waals surface area contributed by atoms with Gasteiger partial charge in [0.05, 0.1) is 0 Å². The van der Waals surface area contributed by atoms with Crippen LogP contribution in [0.15, 0.2) is 0 Å². The maximum Gasteiger partial charge on any atom is 0.389 e. The van der Waals surface area contributed by atoms with Gasteiger partial charge in [-0.2, -0.15) is 13.2 Å². The third-order valence-electron chi connectivity index (χ3n) is 3.05. The van der Waals surface area contributed by atoms with Crippen molar-refractivity contribution in [3.8, 4) is 0 Å². The van der Waals surface area contributed by atoms with E-state index in [0.717, 1.165) is 19.3 Å². The molecule has 1 saturated heterocycles. The summed E-state index contributed by atoms with van der Waals surface area (Å²) >= 11 is 0. The first-order valence-corrected chi connectivity index (χ1v) is 5.94. The van der Waals surface area contributed by atoms with Crippen LogP contribution in [0.2, 0.25) is 0 Å². The molecule has 6 heteroatoms. The number of hydrogen-bond acceptors (Lipinski definition) is 2. The molecule has 0 aliphatic carbocycles. The number of carboxylic acids is 1. The van der Waals surface area contributed by atoms with Gasteiger partial charge in [-0.3, -0.25) is 9.69 Å². The molecule has 0 spiro atoms. The van der Waals surface area contributed by atoms with Crippen LogP contribution in [-0.4, -0.2) is 41.3 Å². The molecule has 3 nitrogen and oxygen atoms in total. The van der Waals surface area contributed by atoms with Crippen molar-refractivity contribution in [1.29, 1.82) is 0 Å². The molecule has 0 bridgehead atoms. The summed E-state index contributed by atoms with van der Waals surface area (Å²) in [6.07, 6.45) is -1.79. The Morgan fingerprint density at radius 1 is 1.29 bits per heavy atom. The largest absolute Gasteiger partial charge is 0.480 e. The van der Waals surface area contributed by atoms with Gasteiger partial charge in [-0.15, -0.1) is 0 Å². The average Bonchev–Trinajstić information content (AvgIpc) is 2.41. The number of aliphatic carboxylic acids is 1. The molecule has 100 valence electrons. The van der Waals surface area contributed by atoms with Crippen molar-refractivity contribution in [1.82, 2.24) is 4.90 Å². The highest BCUT2D eigenvalue weighted by atomic mass is 19.4. The van der Waals surface area contributed by atoms with Gasteiger partial charge in [-0.1, -0.05) is 12.8 Å². The predicted molar refractivity (Wildman–Crippen MR) is 56.8 cm³/mol. The maximum absolute atomic E-state index is 12.0. The van der Waals surface area contributed by atoms with Crippen LogP contribution in [0.3, 0.4) is 0 Å². The Bertz CT molecular complexity index is 256. The number of rotatable bonds is 4. The monoisotopic (exact) mass is 253 g/mol. The normalized spacial score (nSPS) is 23.4. The first kappa shape index (κ1) is 14.3. The van der Waals surface area contributed by atoms with E-state index in [-0.39, 0.29) is 13.0 Å². The molecule has 0 radical (unpaired) electrons. The zero-order chi connectivity index (χ0) is 12.9. The van der Waals surface area contributed by atoms with E-state index in [2.05, 4.69) is 0 Å². The Morgan fingerprint density at radius 2 is 2.00 bits per heavy atom. The fraction of sp³-hybridized carbons (Fsp3) is 0.909. The first-order chi connectivity index (χ1) is 7.90. The van der Waals surface area contributed by atoms with Gasteiger partial charge in [0.1, 0.15) is 6.04 Å². The third kappa shape index (κ3) is 5.39. The van der Waals surface area contributed by atoms with E-state index >= 15 is 0 Å². The van der Waals surface area contributed by atoms with Gasteiger partial charge in [-0.05, 0) is 32.4 Å². The minimum atomic E-state index is -4.15.